The van der Waals surface area contributed by atoms with Gasteiger partial charge in [0.05, 0.1) is 7.11 Å². The monoisotopic (exact) mass is 459 g/mol. The molecule has 0 bridgehead atoms. The molecule has 0 saturated heterocycles. The van der Waals surface area contributed by atoms with Gasteiger partial charge in [0.25, 0.3) is 5.91 Å². The third-order valence-corrected chi connectivity index (χ3v) is 4.71. The van der Waals surface area contributed by atoms with Gasteiger partial charge in [-0.15, -0.1) is 0 Å². The van der Waals surface area contributed by atoms with E-state index in [9.17, 15) is 4.79 Å². The van der Waals surface area contributed by atoms with Crippen LogP contribution in [0, 0.1) is 13.8 Å². The first-order valence-corrected chi connectivity index (χ1v) is 9.81. The van der Waals surface area contributed by atoms with Crippen LogP contribution in [0.5, 0.6) is 5.75 Å². The standard InChI is InChI=1S/C19H20Cl3N3O2S/c1-11-7-8-15(12(2)9-11)23-18(28)25-17(19(20,21)22)24-16(26)13-5-4-6-14(10-13)27-3/h4-10,17H,1-3H3,(H,24,26)(H2,23,25,28)/t17-/m1/s1. The van der Waals surface area contributed by atoms with E-state index in [1.54, 1.807) is 24.3 Å². The number of anilines is 1. The molecule has 9 heteroatoms. The Morgan fingerprint density at radius 1 is 1.11 bits per heavy atom. The van der Waals surface area contributed by atoms with Crippen LogP contribution in [-0.2, 0) is 0 Å². The normalized spacial score (nSPS) is 12.1. The fourth-order valence-electron chi connectivity index (χ4n) is 2.42. The van der Waals surface area contributed by atoms with Gasteiger partial charge >= 0.3 is 0 Å². The lowest BCUT2D eigenvalue weighted by Gasteiger charge is -2.28. The fraction of sp³-hybridized carbons (Fsp3) is 0.263. The van der Waals surface area contributed by atoms with Crippen LogP contribution in [0.4, 0.5) is 5.69 Å². The van der Waals surface area contributed by atoms with Crippen LogP contribution in [0.1, 0.15) is 21.5 Å². The number of aryl methyl sites for hydroxylation is 2. The molecule has 0 unspecified atom stereocenters. The van der Waals surface area contributed by atoms with Crippen molar-refractivity contribution in [1.82, 2.24) is 10.6 Å². The Morgan fingerprint density at radius 2 is 1.82 bits per heavy atom. The third kappa shape index (κ3) is 6.41. The first kappa shape index (κ1) is 22.6. The second-order valence-corrected chi connectivity index (χ2v) is 8.87. The highest BCUT2D eigenvalue weighted by Gasteiger charge is 2.35. The van der Waals surface area contributed by atoms with E-state index in [4.69, 9.17) is 51.8 Å². The fourth-order valence-corrected chi connectivity index (χ4v) is 2.98. The Labute approximate surface area is 184 Å². The maximum atomic E-state index is 12.6. The molecule has 0 aromatic heterocycles. The number of carbonyl (C=O) groups is 1. The van der Waals surface area contributed by atoms with Crippen molar-refractivity contribution in [2.24, 2.45) is 0 Å². The summed E-state index contributed by atoms with van der Waals surface area (Å²) in [6, 6.07) is 12.5. The minimum atomic E-state index is -1.84. The number of hydrogen-bond acceptors (Lipinski definition) is 3. The number of benzene rings is 2. The minimum Gasteiger partial charge on any atom is -0.497 e. The number of ether oxygens (including phenoxy) is 1. The molecule has 0 aliphatic rings. The highest BCUT2D eigenvalue weighted by Crippen LogP contribution is 2.29. The zero-order valence-corrected chi connectivity index (χ0v) is 18.6. The molecule has 2 aromatic rings. The summed E-state index contributed by atoms with van der Waals surface area (Å²) in [6.07, 6.45) is -1.07. The van der Waals surface area contributed by atoms with Gasteiger partial charge in [-0.05, 0) is 55.9 Å². The Morgan fingerprint density at radius 3 is 2.43 bits per heavy atom. The number of thiocarbonyl (C=S) groups is 1. The van der Waals surface area contributed by atoms with Crippen molar-refractivity contribution in [3.63, 3.8) is 0 Å². The van der Waals surface area contributed by atoms with Crippen LogP contribution in [0.15, 0.2) is 42.5 Å². The topological polar surface area (TPSA) is 62.4 Å². The predicted octanol–water partition coefficient (Wildman–Crippen LogP) is 4.72. The third-order valence-electron chi connectivity index (χ3n) is 3.84. The highest BCUT2D eigenvalue weighted by atomic mass is 35.6. The van der Waals surface area contributed by atoms with Crippen LogP contribution in [0.25, 0.3) is 0 Å². The van der Waals surface area contributed by atoms with Gasteiger partial charge in [0.1, 0.15) is 11.9 Å². The zero-order chi connectivity index (χ0) is 20.9. The van der Waals surface area contributed by atoms with E-state index < -0.39 is 15.9 Å². The average molecular weight is 461 g/mol. The molecule has 0 heterocycles. The lowest BCUT2D eigenvalue weighted by molar-refractivity contribution is 0.0934. The molecular formula is C19H20Cl3N3O2S. The molecule has 0 spiro atoms. The van der Waals surface area contributed by atoms with Crippen molar-refractivity contribution in [3.05, 3.63) is 59.2 Å². The van der Waals surface area contributed by atoms with Gasteiger partial charge in [-0.25, -0.2) is 0 Å². The molecule has 2 rings (SSSR count). The maximum absolute atomic E-state index is 12.6. The van der Waals surface area contributed by atoms with Gasteiger partial charge in [-0.1, -0.05) is 58.6 Å². The molecule has 1 amide bonds. The first-order chi connectivity index (χ1) is 13.1. The Hall–Kier alpha value is -1.73. The van der Waals surface area contributed by atoms with Gasteiger partial charge < -0.3 is 20.7 Å². The zero-order valence-electron chi connectivity index (χ0n) is 15.5. The SMILES string of the molecule is COc1cccc(C(=O)N[C@H](NC(=S)Nc2ccc(C)cc2C)C(Cl)(Cl)Cl)c1. The summed E-state index contributed by atoms with van der Waals surface area (Å²) in [6.45, 7) is 3.95. The summed E-state index contributed by atoms with van der Waals surface area (Å²) in [5.41, 5.74) is 3.31. The van der Waals surface area contributed by atoms with Crippen LogP contribution >= 0.6 is 47.0 Å². The summed E-state index contributed by atoms with van der Waals surface area (Å²) in [5.74, 6) is 0.0927. The van der Waals surface area contributed by atoms with E-state index in [2.05, 4.69) is 16.0 Å². The Balaban J connectivity index is 2.10. The number of hydrogen-bond donors (Lipinski definition) is 3. The minimum absolute atomic E-state index is 0.203. The lowest BCUT2D eigenvalue weighted by Crippen LogP contribution is -2.56. The van der Waals surface area contributed by atoms with E-state index >= 15 is 0 Å². The smallest absolute Gasteiger partial charge is 0.253 e. The lowest BCUT2D eigenvalue weighted by atomic mass is 10.1. The van der Waals surface area contributed by atoms with Gasteiger partial charge in [0, 0.05) is 11.3 Å². The van der Waals surface area contributed by atoms with Gasteiger partial charge in [-0.2, -0.15) is 0 Å². The summed E-state index contributed by atoms with van der Waals surface area (Å²) in [5, 5.41) is 8.72. The van der Waals surface area contributed by atoms with Crippen molar-refractivity contribution < 1.29 is 9.53 Å². The molecule has 2 aromatic carbocycles. The summed E-state index contributed by atoms with van der Waals surface area (Å²) >= 11 is 23.4. The molecule has 5 nitrogen and oxygen atoms in total. The average Bonchev–Trinajstić information content (AvgIpc) is 2.62. The van der Waals surface area contributed by atoms with Crippen molar-refractivity contribution >= 4 is 63.7 Å². The molecule has 0 radical (unpaired) electrons. The van der Waals surface area contributed by atoms with Crippen molar-refractivity contribution in [3.8, 4) is 5.75 Å². The van der Waals surface area contributed by atoms with Crippen LogP contribution in [0.2, 0.25) is 0 Å². The maximum Gasteiger partial charge on any atom is 0.253 e. The molecule has 0 saturated carbocycles. The van der Waals surface area contributed by atoms with E-state index in [1.165, 1.54) is 7.11 Å². The Kier molecular flexibility index (Phi) is 7.78. The molecule has 3 N–H and O–H groups in total. The second-order valence-electron chi connectivity index (χ2n) is 6.10. The molecule has 150 valence electrons. The number of halogens is 3. The molecular weight excluding hydrogens is 441 g/mol. The van der Waals surface area contributed by atoms with Crippen LogP contribution in [0.3, 0.4) is 0 Å². The Bertz CT molecular complexity index is 872. The molecule has 28 heavy (non-hydrogen) atoms. The number of carbonyl (C=O) groups excluding carboxylic acids is 1. The number of amides is 1. The van der Waals surface area contributed by atoms with Crippen LogP contribution in [-0.4, -0.2) is 28.1 Å². The van der Waals surface area contributed by atoms with Gasteiger partial charge in [-0.3, -0.25) is 4.79 Å². The van der Waals surface area contributed by atoms with Crippen molar-refractivity contribution in [2.45, 2.75) is 23.8 Å². The number of nitrogens with one attached hydrogen (secondary N) is 3. The van der Waals surface area contributed by atoms with Gasteiger partial charge in [0.2, 0.25) is 3.79 Å². The summed E-state index contributed by atoms with van der Waals surface area (Å²) in [4.78, 5) is 12.6. The van der Waals surface area contributed by atoms with E-state index in [1.807, 2.05) is 32.0 Å². The number of methoxy groups -OCH3 is 1. The number of alkyl halides is 3. The van der Waals surface area contributed by atoms with Gasteiger partial charge in [0.15, 0.2) is 5.11 Å². The predicted molar refractivity (Wildman–Crippen MR) is 120 cm³/mol. The highest BCUT2D eigenvalue weighted by molar-refractivity contribution is 7.80. The second kappa shape index (κ2) is 9.65. The van der Waals surface area contributed by atoms with Crippen molar-refractivity contribution in [1.29, 1.82) is 0 Å². The summed E-state index contributed by atoms with van der Waals surface area (Å²) < 4.78 is 3.28. The van der Waals surface area contributed by atoms with E-state index in [0.29, 0.717) is 11.3 Å². The van der Waals surface area contributed by atoms with E-state index in [-0.39, 0.29) is 5.11 Å². The quantitative estimate of drug-likeness (QED) is 0.342. The molecule has 0 aliphatic heterocycles. The van der Waals surface area contributed by atoms with E-state index in [0.717, 1.165) is 16.8 Å². The largest absolute Gasteiger partial charge is 0.497 e. The first-order valence-electron chi connectivity index (χ1n) is 8.26. The van der Waals surface area contributed by atoms with Crippen LogP contribution < -0.4 is 20.7 Å². The molecule has 0 fully saturated rings. The number of rotatable bonds is 5. The summed E-state index contributed by atoms with van der Waals surface area (Å²) in [7, 11) is 1.51. The molecule has 0 aliphatic carbocycles. The van der Waals surface area contributed by atoms with Crippen molar-refractivity contribution in [2.75, 3.05) is 12.4 Å². The molecule has 1 atom stereocenters.